The summed E-state index contributed by atoms with van der Waals surface area (Å²) in [6, 6.07) is 0. The monoisotopic (exact) mass is 156 g/mol. The summed E-state index contributed by atoms with van der Waals surface area (Å²) in [6.07, 6.45) is 3.91. The van der Waals surface area contributed by atoms with Gasteiger partial charge in [0.2, 0.25) is 0 Å². The molecule has 2 heteroatoms. The van der Waals surface area contributed by atoms with Crippen LogP contribution in [0.1, 0.15) is 39.5 Å². The number of rotatable bonds is 0. The third-order valence-corrected chi connectivity index (χ3v) is 2.14. The topological polar surface area (TPSA) is 26.3 Å². The van der Waals surface area contributed by atoms with Crippen molar-refractivity contribution < 1.29 is 9.53 Å². The second-order valence-electron chi connectivity index (χ2n) is 3.53. The average molecular weight is 156 g/mol. The Bertz CT molecular complexity index is 142. The van der Waals surface area contributed by atoms with E-state index < -0.39 is 0 Å². The van der Waals surface area contributed by atoms with Gasteiger partial charge in [0, 0.05) is 6.42 Å². The minimum absolute atomic E-state index is 0.0237. The average Bonchev–Trinajstić information content (AvgIpc) is 1.83. The number of carbonyl (C=O) groups excluding carboxylic acids is 1. The third-order valence-electron chi connectivity index (χ3n) is 2.14. The summed E-state index contributed by atoms with van der Waals surface area (Å²) < 4.78 is 5.12. The molecule has 1 fully saturated rings. The van der Waals surface area contributed by atoms with E-state index in [2.05, 4.69) is 6.92 Å². The Labute approximate surface area is 67.9 Å². The molecule has 0 aromatic rings. The van der Waals surface area contributed by atoms with Gasteiger partial charge in [0.1, 0.15) is 0 Å². The van der Waals surface area contributed by atoms with Crippen LogP contribution in [0.2, 0.25) is 0 Å². The third kappa shape index (κ3) is 2.91. The Morgan fingerprint density at radius 2 is 2.18 bits per heavy atom. The fraction of sp³-hybridized carbons (Fsp3) is 0.889. The van der Waals surface area contributed by atoms with Gasteiger partial charge in [-0.15, -0.1) is 0 Å². The molecule has 0 aromatic carbocycles. The van der Waals surface area contributed by atoms with Crippen LogP contribution in [0.5, 0.6) is 0 Å². The van der Waals surface area contributed by atoms with Gasteiger partial charge in [-0.1, -0.05) is 13.3 Å². The second-order valence-corrected chi connectivity index (χ2v) is 3.53. The van der Waals surface area contributed by atoms with Crippen LogP contribution in [0.4, 0.5) is 0 Å². The first-order chi connectivity index (χ1) is 5.18. The minimum atomic E-state index is -0.0237. The Kier molecular flexibility index (Phi) is 2.92. The van der Waals surface area contributed by atoms with Crippen LogP contribution < -0.4 is 0 Å². The smallest absolute Gasteiger partial charge is 0.306 e. The van der Waals surface area contributed by atoms with E-state index in [0.29, 0.717) is 12.3 Å². The van der Waals surface area contributed by atoms with E-state index in [1.54, 1.807) is 0 Å². The molecule has 1 saturated heterocycles. The summed E-state index contributed by atoms with van der Waals surface area (Å²) >= 11 is 0. The van der Waals surface area contributed by atoms with E-state index in [4.69, 9.17) is 4.74 Å². The molecule has 64 valence electrons. The molecule has 0 aliphatic carbocycles. The van der Waals surface area contributed by atoms with Gasteiger partial charge in [-0.25, -0.2) is 0 Å². The van der Waals surface area contributed by atoms with Crippen molar-refractivity contribution in [1.29, 1.82) is 0 Å². The molecule has 0 N–H and O–H groups in total. The molecule has 0 aromatic heterocycles. The first-order valence-corrected chi connectivity index (χ1v) is 4.38. The van der Waals surface area contributed by atoms with Gasteiger partial charge >= 0.3 is 5.97 Å². The summed E-state index contributed by atoms with van der Waals surface area (Å²) in [4.78, 5) is 10.9. The van der Waals surface area contributed by atoms with Gasteiger partial charge in [0.05, 0.1) is 6.10 Å². The highest BCUT2D eigenvalue weighted by atomic mass is 16.5. The van der Waals surface area contributed by atoms with Gasteiger partial charge in [-0.2, -0.15) is 0 Å². The minimum Gasteiger partial charge on any atom is -0.463 e. The molecule has 2 atom stereocenters. The van der Waals surface area contributed by atoms with Crippen molar-refractivity contribution in [2.75, 3.05) is 0 Å². The number of ether oxygens (including phenoxy) is 1. The van der Waals surface area contributed by atoms with Gasteiger partial charge in [0.25, 0.3) is 0 Å². The molecule has 1 rings (SSSR count). The lowest BCUT2D eigenvalue weighted by molar-refractivity contribution is -0.150. The van der Waals surface area contributed by atoms with E-state index in [1.165, 1.54) is 6.42 Å². The van der Waals surface area contributed by atoms with E-state index in [9.17, 15) is 4.79 Å². The van der Waals surface area contributed by atoms with Gasteiger partial charge in [-0.3, -0.25) is 4.79 Å². The lowest BCUT2D eigenvalue weighted by atomic mass is 9.97. The van der Waals surface area contributed by atoms with Crippen molar-refractivity contribution in [3.05, 3.63) is 0 Å². The Balaban J connectivity index is 2.40. The maximum Gasteiger partial charge on any atom is 0.306 e. The zero-order valence-electron chi connectivity index (χ0n) is 7.30. The first-order valence-electron chi connectivity index (χ1n) is 4.38. The molecular formula is C9H16O2. The highest BCUT2D eigenvalue weighted by Crippen LogP contribution is 2.19. The number of esters is 1. The lowest BCUT2D eigenvalue weighted by Gasteiger charge is -2.20. The molecule has 1 aliphatic rings. The Morgan fingerprint density at radius 1 is 1.45 bits per heavy atom. The zero-order chi connectivity index (χ0) is 8.27. The van der Waals surface area contributed by atoms with Gasteiger partial charge in [-0.05, 0) is 25.7 Å². The van der Waals surface area contributed by atoms with Crippen LogP contribution in [0, 0.1) is 5.92 Å². The molecule has 1 heterocycles. The van der Waals surface area contributed by atoms with Crippen LogP contribution >= 0.6 is 0 Å². The van der Waals surface area contributed by atoms with Crippen LogP contribution in [-0.4, -0.2) is 12.1 Å². The largest absolute Gasteiger partial charge is 0.463 e. The van der Waals surface area contributed by atoms with Crippen molar-refractivity contribution in [2.24, 2.45) is 5.92 Å². The molecule has 0 bridgehead atoms. The maximum atomic E-state index is 10.9. The fourth-order valence-electron chi connectivity index (χ4n) is 1.61. The normalized spacial score (nSPS) is 33.8. The number of cyclic esters (lactones) is 1. The lowest BCUT2D eigenvalue weighted by Crippen LogP contribution is -2.20. The van der Waals surface area contributed by atoms with Crippen molar-refractivity contribution in [3.8, 4) is 0 Å². The number of hydrogen-bond donors (Lipinski definition) is 0. The summed E-state index contributed by atoms with van der Waals surface area (Å²) in [5.41, 5.74) is 0. The maximum absolute atomic E-state index is 10.9. The summed E-state index contributed by atoms with van der Waals surface area (Å²) in [7, 11) is 0. The van der Waals surface area contributed by atoms with Gasteiger partial charge < -0.3 is 4.74 Å². The number of hydrogen-bond acceptors (Lipinski definition) is 2. The van der Waals surface area contributed by atoms with Crippen LogP contribution in [0.3, 0.4) is 0 Å². The van der Waals surface area contributed by atoms with E-state index >= 15 is 0 Å². The Morgan fingerprint density at radius 3 is 2.91 bits per heavy atom. The van der Waals surface area contributed by atoms with Crippen molar-refractivity contribution in [2.45, 2.75) is 45.6 Å². The summed E-state index contributed by atoms with van der Waals surface area (Å²) in [6.45, 7) is 4.19. The second kappa shape index (κ2) is 3.74. The summed E-state index contributed by atoms with van der Waals surface area (Å²) in [5.74, 6) is 0.683. The van der Waals surface area contributed by atoms with Crippen LogP contribution in [0.15, 0.2) is 0 Å². The summed E-state index contributed by atoms with van der Waals surface area (Å²) in [5, 5.41) is 0. The zero-order valence-corrected chi connectivity index (χ0v) is 7.30. The van der Waals surface area contributed by atoms with Crippen molar-refractivity contribution in [1.82, 2.24) is 0 Å². The Hall–Kier alpha value is -0.530. The fourth-order valence-corrected chi connectivity index (χ4v) is 1.61. The molecule has 11 heavy (non-hydrogen) atoms. The van der Waals surface area contributed by atoms with Crippen molar-refractivity contribution >= 4 is 5.97 Å². The first kappa shape index (κ1) is 8.57. The molecule has 0 amide bonds. The van der Waals surface area contributed by atoms with E-state index in [0.717, 1.165) is 12.8 Å². The predicted molar refractivity (Wildman–Crippen MR) is 43.2 cm³/mol. The molecule has 2 nitrogen and oxygen atoms in total. The SMILES string of the molecule is CC1CCCC(=O)OC(C)C1. The molecule has 2 unspecified atom stereocenters. The molecule has 0 radical (unpaired) electrons. The van der Waals surface area contributed by atoms with E-state index in [1.807, 2.05) is 6.92 Å². The van der Waals surface area contributed by atoms with Crippen molar-refractivity contribution in [3.63, 3.8) is 0 Å². The van der Waals surface area contributed by atoms with Crippen LogP contribution in [-0.2, 0) is 9.53 Å². The van der Waals surface area contributed by atoms with E-state index in [-0.39, 0.29) is 12.1 Å². The molecule has 0 spiro atoms. The molecular weight excluding hydrogens is 140 g/mol. The predicted octanol–water partition coefficient (Wildman–Crippen LogP) is 2.13. The quantitative estimate of drug-likeness (QED) is 0.502. The highest BCUT2D eigenvalue weighted by Gasteiger charge is 2.16. The molecule has 0 saturated carbocycles. The van der Waals surface area contributed by atoms with Gasteiger partial charge in [0.15, 0.2) is 0 Å². The number of carbonyl (C=O) groups is 1. The molecule has 1 aliphatic heterocycles. The highest BCUT2D eigenvalue weighted by molar-refractivity contribution is 5.69. The standard InChI is InChI=1S/C9H16O2/c1-7-4-3-5-9(10)11-8(2)6-7/h7-8H,3-6H2,1-2H3. The van der Waals surface area contributed by atoms with Crippen LogP contribution in [0.25, 0.3) is 0 Å².